The van der Waals surface area contributed by atoms with Gasteiger partial charge in [-0.3, -0.25) is 0 Å². The van der Waals surface area contributed by atoms with Crippen LogP contribution in [0.2, 0.25) is 0 Å². The predicted molar refractivity (Wildman–Crippen MR) is 52.1 cm³/mol. The van der Waals surface area contributed by atoms with Gasteiger partial charge >= 0.3 is 0 Å². The van der Waals surface area contributed by atoms with E-state index in [-0.39, 0.29) is 0 Å². The van der Waals surface area contributed by atoms with Crippen molar-refractivity contribution in [3.8, 4) is 5.75 Å². The van der Waals surface area contributed by atoms with Crippen LogP contribution in [0.1, 0.15) is 30.4 Å². The molecule has 1 heterocycles. The van der Waals surface area contributed by atoms with Gasteiger partial charge in [0.25, 0.3) is 0 Å². The molecular weight excluding hydrogens is 160 g/mol. The van der Waals surface area contributed by atoms with Gasteiger partial charge in [-0.1, -0.05) is 12.1 Å². The molecule has 1 aromatic rings. The van der Waals surface area contributed by atoms with E-state index >= 15 is 0 Å². The van der Waals surface area contributed by atoms with Crippen molar-refractivity contribution in [3.05, 3.63) is 29.3 Å². The summed E-state index contributed by atoms with van der Waals surface area (Å²) in [4.78, 5) is 0. The lowest BCUT2D eigenvalue weighted by Gasteiger charge is -2.22. The molecule has 0 N–H and O–H groups in total. The Balaban J connectivity index is 2.09. The van der Waals surface area contributed by atoms with Gasteiger partial charge < -0.3 is 4.74 Å². The Bertz CT molecular complexity index is 356. The standard InChI is InChI=1S/C12H14O/c1-7-3-4-9-11-6-10(11)8(2)13-12(9)5-7/h3-5,8,10-11H,6H2,1-2H3/t8?,10-,11?/m0/s1. The second-order valence-electron chi connectivity index (χ2n) is 4.37. The van der Waals surface area contributed by atoms with Gasteiger partial charge in [0.2, 0.25) is 0 Å². The largest absolute Gasteiger partial charge is 0.490 e. The summed E-state index contributed by atoms with van der Waals surface area (Å²) in [7, 11) is 0. The van der Waals surface area contributed by atoms with E-state index in [1.807, 2.05) is 0 Å². The zero-order chi connectivity index (χ0) is 9.00. The van der Waals surface area contributed by atoms with E-state index in [1.165, 1.54) is 17.5 Å². The number of hydrogen-bond acceptors (Lipinski definition) is 1. The maximum Gasteiger partial charge on any atom is 0.123 e. The summed E-state index contributed by atoms with van der Waals surface area (Å²) >= 11 is 0. The molecule has 0 bridgehead atoms. The Hall–Kier alpha value is -0.980. The average molecular weight is 174 g/mol. The smallest absolute Gasteiger partial charge is 0.123 e. The quantitative estimate of drug-likeness (QED) is 0.587. The molecule has 1 aliphatic heterocycles. The Morgan fingerprint density at radius 1 is 1.38 bits per heavy atom. The number of rotatable bonds is 0. The molecule has 3 rings (SSSR count). The highest BCUT2D eigenvalue weighted by Gasteiger charge is 2.47. The maximum absolute atomic E-state index is 5.87. The van der Waals surface area contributed by atoms with E-state index in [9.17, 15) is 0 Å². The highest BCUT2D eigenvalue weighted by molar-refractivity contribution is 5.44. The third kappa shape index (κ3) is 0.995. The maximum atomic E-state index is 5.87. The zero-order valence-electron chi connectivity index (χ0n) is 8.08. The molecule has 1 nitrogen and oxygen atoms in total. The van der Waals surface area contributed by atoms with Crippen LogP contribution in [0, 0.1) is 12.8 Å². The first-order valence-electron chi connectivity index (χ1n) is 5.03. The lowest BCUT2D eigenvalue weighted by Crippen LogP contribution is -2.19. The monoisotopic (exact) mass is 174 g/mol. The van der Waals surface area contributed by atoms with Crippen molar-refractivity contribution in [2.75, 3.05) is 0 Å². The van der Waals surface area contributed by atoms with Crippen LogP contribution in [0.25, 0.3) is 0 Å². The van der Waals surface area contributed by atoms with Gasteiger partial charge in [0.1, 0.15) is 5.75 Å². The van der Waals surface area contributed by atoms with Crippen LogP contribution in [0.5, 0.6) is 5.75 Å². The van der Waals surface area contributed by atoms with Crippen LogP contribution in [-0.4, -0.2) is 6.10 Å². The molecule has 68 valence electrons. The Morgan fingerprint density at radius 3 is 3.08 bits per heavy atom. The Kier molecular flexibility index (Phi) is 1.30. The average Bonchev–Trinajstić information content (AvgIpc) is 2.83. The highest BCUT2D eigenvalue weighted by Crippen LogP contribution is 2.56. The van der Waals surface area contributed by atoms with Crippen LogP contribution >= 0.6 is 0 Å². The summed E-state index contributed by atoms with van der Waals surface area (Å²) in [6.07, 6.45) is 1.76. The molecule has 2 unspecified atom stereocenters. The van der Waals surface area contributed by atoms with Gasteiger partial charge in [-0.05, 0) is 43.4 Å². The SMILES string of the molecule is Cc1ccc2c(c1)OC(C)[C@@H]1CC21. The van der Waals surface area contributed by atoms with Crippen molar-refractivity contribution in [2.45, 2.75) is 32.3 Å². The van der Waals surface area contributed by atoms with Crippen molar-refractivity contribution in [1.82, 2.24) is 0 Å². The fourth-order valence-corrected chi connectivity index (χ4v) is 2.43. The molecule has 1 fully saturated rings. The molecule has 0 radical (unpaired) electrons. The molecule has 1 aliphatic carbocycles. The van der Waals surface area contributed by atoms with E-state index in [2.05, 4.69) is 32.0 Å². The molecule has 1 saturated carbocycles. The number of aryl methyl sites for hydroxylation is 1. The summed E-state index contributed by atoms with van der Waals surface area (Å²) in [6, 6.07) is 6.59. The molecule has 0 spiro atoms. The highest BCUT2D eigenvalue weighted by atomic mass is 16.5. The predicted octanol–water partition coefficient (Wildman–Crippen LogP) is 2.88. The zero-order valence-corrected chi connectivity index (χ0v) is 8.08. The van der Waals surface area contributed by atoms with Crippen molar-refractivity contribution >= 4 is 0 Å². The number of hydrogen-bond donors (Lipinski definition) is 0. The van der Waals surface area contributed by atoms with Gasteiger partial charge in [0.05, 0.1) is 6.10 Å². The van der Waals surface area contributed by atoms with Crippen LogP contribution in [0.4, 0.5) is 0 Å². The summed E-state index contributed by atoms with van der Waals surface area (Å²) in [5.74, 6) is 2.74. The molecule has 0 aromatic heterocycles. The van der Waals surface area contributed by atoms with E-state index in [0.29, 0.717) is 6.10 Å². The third-order valence-electron chi connectivity index (χ3n) is 3.32. The summed E-state index contributed by atoms with van der Waals surface area (Å²) in [5.41, 5.74) is 2.73. The van der Waals surface area contributed by atoms with Gasteiger partial charge in [-0.25, -0.2) is 0 Å². The van der Waals surface area contributed by atoms with E-state index in [1.54, 1.807) is 0 Å². The van der Waals surface area contributed by atoms with E-state index in [0.717, 1.165) is 17.6 Å². The lowest BCUT2D eigenvalue weighted by atomic mass is 10.0. The molecule has 13 heavy (non-hydrogen) atoms. The molecule has 0 amide bonds. The molecule has 2 aliphatic rings. The van der Waals surface area contributed by atoms with Crippen molar-refractivity contribution in [2.24, 2.45) is 5.92 Å². The van der Waals surface area contributed by atoms with Gasteiger partial charge in [-0.2, -0.15) is 0 Å². The van der Waals surface area contributed by atoms with E-state index < -0.39 is 0 Å². The Labute approximate surface area is 78.7 Å². The number of ether oxygens (including phenoxy) is 1. The topological polar surface area (TPSA) is 9.23 Å². The third-order valence-corrected chi connectivity index (χ3v) is 3.32. The minimum atomic E-state index is 0.430. The summed E-state index contributed by atoms with van der Waals surface area (Å²) in [5, 5.41) is 0. The number of fused-ring (bicyclic) bond motifs is 3. The Morgan fingerprint density at radius 2 is 2.23 bits per heavy atom. The minimum Gasteiger partial charge on any atom is -0.490 e. The lowest BCUT2D eigenvalue weighted by molar-refractivity contribution is 0.181. The number of benzene rings is 1. The van der Waals surface area contributed by atoms with Crippen molar-refractivity contribution in [1.29, 1.82) is 0 Å². The van der Waals surface area contributed by atoms with Crippen LogP contribution < -0.4 is 4.74 Å². The van der Waals surface area contributed by atoms with Gasteiger partial charge in [0.15, 0.2) is 0 Å². The molecule has 0 saturated heterocycles. The second kappa shape index (κ2) is 2.28. The first kappa shape index (κ1) is 7.43. The van der Waals surface area contributed by atoms with Crippen molar-refractivity contribution in [3.63, 3.8) is 0 Å². The van der Waals surface area contributed by atoms with E-state index in [4.69, 9.17) is 4.74 Å². The first-order chi connectivity index (χ1) is 6.25. The molecular formula is C12H14O. The summed E-state index contributed by atoms with van der Waals surface area (Å²) in [6.45, 7) is 4.31. The van der Waals surface area contributed by atoms with Gasteiger partial charge in [0, 0.05) is 5.92 Å². The minimum absolute atomic E-state index is 0.430. The molecule has 1 heteroatoms. The van der Waals surface area contributed by atoms with Crippen molar-refractivity contribution < 1.29 is 4.74 Å². The fourth-order valence-electron chi connectivity index (χ4n) is 2.43. The van der Waals surface area contributed by atoms with Crippen LogP contribution in [0.15, 0.2) is 18.2 Å². The second-order valence-corrected chi connectivity index (χ2v) is 4.37. The molecule has 3 atom stereocenters. The van der Waals surface area contributed by atoms with Gasteiger partial charge in [-0.15, -0.1) is 0 Å². The first-order valence-corrected chi connectivity index (χ1v) is 5.03. The van der Waals surface area contributed by atoms with Crippen LogP contribution in [-0.2, 0) is 0 Å². The normalized spacial score (nSPS) is 34.5. The summed E-state index contributed by atoms with van der Waals surface area (Å²) < 4.78 is 5.87. The molecule has 1 aromatic carbocycles. The van der Waals surface area contributed by atoms with Crippen LogP contribution in [0.3, 0.4) is 0 Å². The fraction of sp³-hybridized carbons (Fsp3) is 0.500.